The number of nitrogens with one attached hydrogen (secondary N) is 1. The van der Waals surface area contributed by atoms with Gasteiger partial charge in [-0.3, -0.25) is 4.68 Å². The molecule has 0 spiro atoms. The van der Waals surface area contributed by atoms with Crippen LogP contribution in [0.4, 0.5) is 0 Å². The Morgan fingerprint density at radius 3 is 2.80 bits per heavy atom. The summed E-state index contributed by atoms with van der Waals surface area (Å²) in [7, 11) is 1.81. The van der Waals surface area contributed by atoms with Crippen molar-refractivity contribution < 1.29 is 0 Å². The quantitative estimate of drug-likeness (QED) is 0.814. The maximum atomic E-state index is 9.04. The van der Waals surface area contributed by atoms with Crippen LogP contribution in [0.25, 0.3) is 0 Å². The lowest BCUT2D eigenvalue weighted by molar-refractivity contribution is 0.348. The number of hydrogen-bond donors (Lipinski definition) is 1. The Morgan fingerprint density at radius 2 is 2.40 bits per heavy atom. The first kappa shape index (κ1) is 11.7. The van der Waals surface area contributed by atoms with Gasteiger partial charge in [0.2, 0.25) is 0 Å². The molecule has 0 aliphatic carbocycles. The summed E-state index contributed by atoms with van der Waals surface area (Å²) >= 11 is 0. The average molecular weight is 206 g/mol. The SMILES string of the molecule is CNC(C)(C#N)CC(C)n1ccc(C)n1. The zero-order valence-electron chi connectivity index (χ0n) is 9.78. The molecule has 0 amide bonds. The van der Waals surface area contributed by atoms with Crippen LogP contribution in [0.2, 0.25) is 0 Å². The van der Waals surface area contributed by atoms with E-state index in [0.717, 1.165) is 12.1 Å². The van der Waals surface area contributed by atoms with Crippen molar-refractivity contribution in [3.8, 4) is 6.07 Å². The summed E-state index contributed by atoms with van der Waals surface area (Å²) in [6, 6.07) is 4.47. The summed E-state index contributed by atoms with van der Waals surface area (Å²) < 4.78 is 1.91. The highest BCUT2D eigenvalue weighted by Gasteiger charge is 2.25. The minimum absolute atomic E-state index is 0.218. The zero-order valence-corrected chi connectivity index (χ0v) is 9.78. The van der Waals surface area contributed by atoms with Crippen LogP contribution in [0.1, 0.15) is 32.0 Å². The Hall–Kier alpha value is -1.34. The molecule has 0 aliphatic rings. The Balaban J connectivity index is 2.71. The van der Waals surface area contributed by atoms with Crippen molar-refractivity contribution in [1.82, 2.24) is 15.1 Å². The van der Waals surface area contributed by atoms with Crippen LogP contribution in [0.15, 0.2) is 12.3 Å². The molecule has 0 aliphatic heterocycles. The predicted molar refractivity (Wildman–Crippen MR) is 59.4 cm³/mol. The molecular formula is C11H18N4. The largest absolute Gasteiger partial charge is 0.303 e. The van der Waals surface area contributed by atoms with Gasteiger partial charge in [0.05, 0.1) is 17.8 Å². The molecule has 0 saturated carbocycles. The van der Waals surface area contributed by atoms with Gasteiger partial charge in [-0.15, -0.1) is 0 Å². The van der Waals surface area contributed by atoms with E-state index in [1.165, 1.54) is 0 Å². The molecule has 0 radical (unpaired) electrons. The molecule has 15 heavy (non-hydrogen) atoms. The molecule has 0 fully saturated rings. The Kier molecular flexibility index (Phi) is 3.48. The molecule has 1 rings (SSSR count). The minimum atomic E-state index is -0.487. The first-order valence-corrected chi connectivity index (χ1v) is 5.12. The van der Waals surface area contributed by atoms with E-state index in [1.54, 1.807) is 0 Å². The van der Waals surface area contributed by atoms with E-state index in [9.17, 15) is 0 Å². The van der Waals surface area contributed by atoms with Gasteiger partial charge in [0, 0.05) is 12.6 Å². The lowest BCUT2D eigenvalue weighted by Gasteiger charge is -2.24. The topological polar surface area (TPSA) is 53.6 Å². The third kappa shape index (κ3) is 2.80. The predicted octanol–water partition coefficient (Wildman–Crippen LogP) is 1.64. The van der Waals surface area contributed by atoms with E-state index < -0.39 is 5.54 Å². The molecule has 1 aromatic rings. The second kappa shape index (κ2) is 4.45. The molecule has 0 bridgehead atoms. The molecule has 0 saturated heterocycles. The summed E-state index contributed by atoms with van der Waals surface area (Å²) in [5.74, 6) is 0. The molecule has 1 aromatic heterocycles. The number of aromatic nitrogens is 2. The third-order valence-electron chi connectivity index (χ3n) is 2.70. The van der Waals surface area contributed by atoms with Crippen LogP contribution in [0, 0.1) is 18.3 Å². The van der Waals surface area contributed by atoms with Crippen molar-refractivity contribution in [2.45, 2.75) is 38.8 Å². The van der Waals surface area contributed by atoms with Crippen LogP contribution in [-0.2, 0) is 0 Å². The lowest BCUT2D eigenvalue weighted by atomic mass is 9.96. The first-order chi connectivity index (χ1) is 7.00. The average Bonchev–Trinajstić information content (AvgIpc) is 2.65. The molecule has 82 valence electrons. The Morgan fingerprint density at radius 1 is 1.73 bits per heavy atom. The van der Waals surface area contributed by atoms with Crippen molar-refractivity contribution in [3.05, 3.63) is 18.0 Å². The number of rotatable bonds is 4. The molecule has 4 nitrogen and oxygen atoms in total. The van der Waals surface area contributed by atoms with E-state index in [0.29, 0.717) is 0 Å². The third-order valence-corrected chi connectivity index (χ3v) is 2.70. The van der Waals surface area contributed by atoms with Gasteiger partial charge in [-0.25, -0.2) is 0 Å². The highest BCUT2D eigenvalue weighted by atomic mass is 15.3. The zero-order chi connectivity index (χ0) is 11.5. The molecule has 0 aromatic carbocycles. The van der Waals surface area contributed by atoms with Gasteiger partial charge >= 0.3 is 0 Å². The van der Waals surface area contributed by atoms with Gasteiger partial charge in [0.15, 0.2) is 0 Å². The van der Waals surface area contributed by atoms with Crippen LogP contribution in [0.5, 0.6) is 0 Å². The van der Waals surface area contributed by atoms with Crippen molar-refractivity contribution in [1.29, 1.82) is 5.26 Å². The summed E-state index contributed by atoms with van der Waals surface area (Å²) in [5.41, 5.74) is 0.518. The van der Waals surface area contributed by atoms with Gasteiger partial charge in [0.25, 0.3) is 0 Å². The van der Waals surface area contributed by atoms with Crippen molar-refractivity contribution in [2.75, 3.05) is 7.05 Å². The minimum Gasteiger partial charge on any atom is -0.303 e. The number of nitrogens with zero attached hydrogens (tertiary/aromatic N) is 3. The fraction of sp³-hybridized carbons (Fsp3) is 0.636. The van der Waals surface area contributed by atoms with Gasteiger partial charge in [-0.05, 0) is 33.9 Å². The molecule has 1 heterocycles. The van der Waals surface area contributed by atoms with Gasteiger partial charge in [-0.1, -0.05) is 0 Å². The van der Waals surface area contributed by atoms with Crippen LogP contribution < -0.4 is 5.32 Å². The molecule has 1 N–H and O–H groups in total. The van der Waals surface area contributed by atoms with E-state index in [-0.39, 0.29) is 6.04 Å². The maximum Gasteiger partial charge on any atom is 0.105 e. The molecule has 2 unspecified atom stereocenters. The standard InChI is InChI=1S/C11H18N4/c1-9-5-6-15(14-9)10(2)7-11(3,8-12)13-4/h5-6,10,13H,7H2,1-4H3. The van der Waals surface area contributed by atoms with Gasteiger partial charge < -0.3 is 5.32 Å². The highest BCUT2D eigenvalue weighted by molar-refractivity contribution is 5.05. The number of aryl methyl sites for hydroxylation is 1. The lowest BCUT2D eigenvalue weighted by Crippen LogP contribution is -2.40. The van der Waals surface area contributed by atoms with Crippen LogP contribution in [0.3, 0.4) is 0 Å². The number of hydrogen-bond acceptors (Lipinski definition) is 3. The summed E-state index contributed by atoms with van der Waals surface area (Å²) in [4.78, 5) is 0. The summed E-state index contributed by atoms with van der Waals surface area (Å²) in [6.45, 7) is 5.93. The van der Waals surface area contributed by atoms with Gasteiger partial charge in [0.1, 0.15) is 5.54 Å². The molecule has 4 heteroatoms. The van der Waals surface area contributed by atoms with Crippen molar-refractivity contribution in [2.24, 2.45) is 0 Å². The van der Waals surface area contributed by atoms with E-state index in [2.05, 4.69) is 23.4 Å². The first-order valence-electron chi connectivity index (χ1n) is 5.12. The van der Waals surface area contributed by atoms with Crippen molar-refractivity contribution in [3.63, 3.8) is 0 Å². The second-order valence-corrected chi connectivity index (χ2v) is 4.18. The fourth-order valence-electron chi connectivity index (χ4n) is 1.57. The smallest absolute Gasteiger partial charge is 0.105 e. The van der Waals surface area contributed by atoms with Crippen LogP contribution in [-0.4, -0.2) is 22.4 Å². The maximum absolute atomic E-state index is 9.04. The normalized spacial score (nSPS) is 16.7. The Bertz CT molecular complexity index is 363. The van der Waals surface area contributed by atoms with Gasteiger partial charge in [-0.2, -0.15) is 10.4 Å². The Labute approximate surface area is 90.9 Å². The summed E-state index contributed by atoms with van der Waals surface area (Å²) in [6.07, 6.45) is 2.69. The van der Waals surface area contributed by atoms with E-state index in [4.69, 9.17) is 5.26 Å². The van der Waals surface area contributed by atoms with Crippen LogP contribution >= 0.6 is 0 Å². The van der Waals surface area contributed by atoms with Crippen molar-refractivity contribution >= 4 is 0 Å². The van der Waals surface area contributed by atoms with E-state index in [1.807, 2.05) is 37.8 Å². The number of nitriles is 1. The molecule has 2 atom stereocenters. The summed E-state index contributed by atoms with van der Waals surface area (Å²) in [5, 5.41) is 16.4. The molecular weight excluding hydrogens is 188 g/mol. The fourth-order valence-corrected chi connectivity index (χ4v) is 1.57. The monoisotopic (exact) mass is 206 g/mol. The second-order valence-electron chi connectivity index (χ2n) is 4.18. The highest BCUT2D eigenvalue weighted by Crippen LogP contribution is 2.19. The van der Waals surface area contributed by atoms with E-state index >= 15 is 0 Å².